The number of halogens is 1. The average molecular weight is 359 g/mol. The molecular formula is C16H15BrN4O. The number of aryl methyl sites for hydroxylation is 1. The Morgan fingerprint density at radius 1 is 1.36 bits per heavy atom. The summed E-state index contributed by atoms with van der Waals surface area (Å²) in [7, 11) is 0. The van der Waals surface area contributed by atoms with Crippen molar-refractivity contribution in [2.24, 2.45) is 0 Å². The molecule has 0 radical (unpaired) electrons. The summed E-state index contributed by atoms with van der Waals surface area (Å²) in [6.45, 7) is 3.72. The predicted molar refractivity (Wildman–Crippen MR) is 89.7 cm³/mol. The zero-order chi connectivity index (χ0) is 15.7. The van der Waals surface area contributed by atoms with E-state index in [-0.39, 0.29) is 5.91 Å². The summed E-state index contributed by atoms with van der Waals surface area (Å²) >= 11 is 3.34. The summed E-state index contributed by atoms with van der Waals surface area (Å²) < 4.78 is 2.47. The smallest absolute Gasteiger partial charge is 0.248 e. The molecule has 0 aliphatic carbocycles. The van der Waals surface area contributed by atoms with Crippen molar-refractivity contribution in [2.45, 2.75) is 19.9 Å². The monoisotopic (exact) mass is 358 g/mol. The maximum absolute atomic E-state index is 12.5. The normalized spacial score (nSPS) is 12.3. The molecule has 1 unspecified atom stereocenters. The molecule has 1 atom stereocenters. The Morgan fingerprint density at radius 3 is 2.86 bits per heavy atom. The first-order valence-corrected chi connectivity index (χ1v) is 7.71. The summed E-state index contributed by atoms with van der Waals surface area (Å²) in [5.41, 5.74) is 2.50. The van der Waals surface area contributed by atoms with E-state index < -0.39 is 6.04 Å². The first-order chi connectivity index (χ1) is 10.5. The molecule has 2 aromatic heterocycles. The van der Waals surface area contributed by atoms with E-state index in [2.05, 4.69) is 31.3 Å². The van der Waals surface area contributed by atoms with E-state index in [4.69, 9.17) is 0 Å². The summed E-state index contributed by atoms with van der Waals surface area (Å²) in [5.74, 6) is -0.119. The van der Waals surface area contributed by atoms with Gasteiger partial charge in [0.2, 0.25) is 5.91 Å². The molecule has 2 heterocycles. The zero-order valence-electron chi connectivity index (χ0n) is 12.2. The minimum atomic E-state index is -0.404. The van der Waals surface area contributed by atoms with Crippen LogP contribution in [0.4, 0.5) is 5.69 Å². The molecule has 0 aliphatic heterocycles. The van der Waals surface area contributed by atoms with Crippen LogP contribution in [0.2, 0.25) is 0 Å². The summed E-state index contributed by atoms with van der Waals surface area (Å²) in [4.78, 5) is 16.9. The minimum Gasteiger partial charge on any atom is -0.324 e. The lowest BCUT2D eigenvalue weighted by atomic mass is 10.1. The molecule has 6 heteroatoms. The van der Waals surface area contributed by atoms with Gasteiger partial charge in [0.1, 0.15) is 6.04 Å². The highest BCUT2D eigenvalue weighted by Gasteiger charge is 2.17. The molecule has 3 rings (SSSR count). The molecule has 1 N–H and O–H groups in total. The van der Waals surface area contributed by atoms with E-state index in [0.717, 1.165) is 26.8 Å². The molecule has 1 amide bonds. The van der Waals surface area contributed by atoms with Crippen molar-refractivity contribution >= 4 is 38.4 Å². The van der Waals surface area contributed by atoms with Gasteiger partial charge in [0.15, 0.2) is 0 Å². The fraction of sp³-hybridized carbons (Fsp3) is 0.188. The maximum atomic E-state index is 12.5. The third-order valence-corrected chi connectivity index (χ3v) is 3.86. The van der Waals surface area contributed by atoms with Crippen molar-refractivity contribution in [3.05, 3.63) is 52.9 Å². The molecule has 0 saturated carbocycles. The van der Waals surface area contributed by atoms with Crippen LogP contribution < -0.4 is 5.32 Å². The number of carbonyl (C=O) groups is 1. The van der Waals surface area contributed by atoms with Gasteiger partial charge >= 0.3 is 0 Å². The molecule has 0 spiro atoms. The first kappa shape index (κ1) is 14.7. The molecule has 112 valence electrons. The Labute approximate surface area is 136 Å². The van der Waals surface area contributed by atoms with Gasteiger partial charge in [0.05, 0.1) is 21.9 Å². The lowest BCUT2D eigenvalue weighted by Gasteiger charge is -2.14. The van der Waals surface area contributed by atoms with E-state index in [9.17, 15) is 4.79 Å². The number of pyridine rings is 1. The third kappa shape index (κ3) is 2.87. The van der Waals surface area contributed by atoms with E-state index in [1.165, 1.54) is 0 Å². The van der Waals surface area contributed by atoms with Crippen LogP contribution >= 0.6 is 15.9 Å². The van der Waals surface area contributed by atoms with Gasteiger partial charge < -0.3 is 5.32 Å². The molecule has 0 aliphatic rings. The maximum Gasteiger partial charge on any atom is 0.248 e. The molecule has 22 heavy (non-hydrogen) atoms. The van der Waals surface area contributed by atoms with Crippen LogP contribution in [-0.4, -0.2) is 20.7 Å². The number of carbonyl (C=O) groups excluding carboxylic acids is 1. The number of benzene rings is 1. The van der Waals surface area contributed by atoms with Crippen molar-refractivity contribution in [1.29, 1.82) is 0 Å². The van der Waals surface area contributed by atoms with E-state index >= 15 is 0 Å². The van der Waals surface area contributed by atoms with Crippen molar-refractivity contribution in [3.63, 3.8) is 0 Å². The Kier molecular flexibility index (Phi) is 3.94. The van der Waals surface area contributed by atoms with Gasteiger partial charge in [-0.15, -0.1) is 0 Å². The highest BCUT2D eigenvalue weighted by Crippen LogP contribution is 2.24. The number of anilines is 1. The van der Waals surface area contributed by atoms with Crippen molar-refractivity contribution in [2.75, 3.05) is 5.32 Å². The fourth-order valence-corrected chi connectivity index (χ4v) is 2.60. The largest absolute Gasteiger partial charge is 0.324 e. The molecular weight excluding hydrogens is 344 g/mol. The Morgan fingerprint density at radius 2 is 2.14 bits per heavy atom. The quantitative estimate of drug-likeness (QED) is 0.776. The van der Waals surface area contributed by atoms with Crippen molar-refractivity contribution < 1.29 is 4.79 Å². The topological polar surface area (TPSA) is 59.8 Å². The number of aromatic nitrogens is 3. The summed E-state index contributed by atoms with van der Waals surface area (Å²) in [5, 5.41) is 8.06. The highest BCUT2D eigenvalue weighted by atomic mass is 79.9. The van der Waals surface area contributed by atoms with Gasteiger partial charge in [-0.05, 0) is 41.9 Å². The number of rotatable bonds is 3. The molecule has 3 aromatic rings. The van der Waals surface area contributed by atoms with Gasteiger partial charge in [-0.25, -0.2) is 0 Å². The second-order valence-electron chi connectivity index (χ2n) is 5.13. The molecule has 0 saturated heterocycles. The number of nitrogens with zero attached hydrogens (tertiary/aromatic N) is 3. The molecule has 0 bridgehead atoms. The van der Waals surface area contributed by atoms with Gasteiger partial charge in [0, 0.05) is 17.3 Å². The molecule has 5 nitrogen and oxygen atoms in total. The number of hydrogen-bond donors (Lipinski definition) is 1. The Balaban J connectivity index is 1.91. The average Bonchev–Trinajstić information content (AvgIpc) is 2.92. The molecule has 0 fully saturated rings. The number of nitrogens with one attached hydrogen (secondary N) is 1. The Hall–Kier alpha value is -2.21. The first-order valence-electron chi connectivity index (χ1n) is 6.91. The number of para-hydroxylation sites is 1. The van der Waals surface area contributed by atoms with E-state index in [1.54, 1.807) is 17.1 Å². The summed E-state index contributed by atoms with van der Waals surface area (Å²) in [6.07, 6.45) is 3.44. The minimum absolute atomic E-state index is 0.119. The van der Waals surface area contributed by atoms with E-state index in [0.29, 0.717) is 0 Å². The third-order valence-electron chi connectivity index (χ3n) is 3.45. The van der Waals surface area contributed by atoms with Gasteiger partial charge in [0.25, 0.3) is 0 Å². The van der Waals surface area contributed by atoms with Gasteiger partial charge in [-0.1, -0.05) is 18.2 Å². The van der Waals surface area contributed by atoms with Gasteiger partial charge in [-0.2, -0.15) is 5.10 Å². The highest BCUT2D eigenvalue weighted by molar-refractivity contribution is 9.10. The standard InChI is InChI=1S/C16H15BrN4O/c1-10-7-15(13-5-3-4-6-14(13)19-10)20-16(22)11(2)21-9-12(17)8-18-21/h3-9,11H,1-2H3,(H,19,20,22). The lowest BCUT2D eigenvalue weighted by molar-refractivity contribution is -0.119. The lowest BCUT2D eigenvalue weighted by Crippen LogP contribution is -2.24. The summed E-state index contributed by atoms with van der Waals surface area (Å²) in [6, 6.07) is 9.23. The van der Waals surface area contributed by atoms with Crippen molar-refractivity contribution in [1.82, 2.24) is 14.8 Å². The van der Waals surface area contributed by atoms with Crippen LogP contribution in [0, 0.1) is 6.92 Å². The van der Waals surface area contributed by atoms with Crippen LogP contribution in [0.1, 0.15) is 18.7 Å². The van der Waals surface area contributed by atoms with Crippen LogP contribution in [0.15, 0.2) is 47.2 Å². The number of amides is 1. The van der Waals surface area contributed by atoms with Crippen LogP contribution in [0.3, 0.4) is 0 Å². The SMILES string of the molecule is Cc1cc(NC(=O)C(C)n2cc(Br)cn2)c2ccccc2n1. The van der Waals surface area contributed by atoms with Crippen molar-refractivity contribution in [3.8, 4) is 0 Å². The van der Waals surface area contributed by atoms with Crippen LogP contribution in [0.25, 0.3) is 10.9 Å². The Bertz CT molecular complexity index is 843. The second kappa shape index (κ2) is 5.88. The fourth-order valence-electron chi connectivity index (χ4n) is 2.30. The van der Waals surface area contributed by atoms with Gasteiger partial charge in [-0.3, -0.25) is 14.5 Å². The second-order valence-corrected chi connectivity index (χ2v) is 6.05. The van der Waals surface area contributed by atoms with E-state index in [1.807, 2.05) is 44.2 Å². The predicted octanol–water partition coefficient (Wildman–Crippen LogP) is 3.70. The number of fused-ring (bicyclic) bond motifs is 1. The number of hydrogen-bond acceptors (Lipinski definition) is 3. The molecule has 1 aromatic carbocycles. The van der Waals surface area contributed by atoms with Crippen LogP contribution in [-0.2, 0) is 4.79 Å². The zero-order valence-corrected chi connectivity index (χ0v) is 13.8. The van der Waals surface area contributed by atoms with Crippen LogP contribution in [0.5, 0.6) is 0 Å².